The molecule has 20 heavy (non-hydrogen) atoms. The van der Waals surface area contributed by atoms with Gasteiger partial charge in [-0.15, -0.1) is 11.8 Å². The summed E-state index contributed by atoms with van der Waals surface area (Å²) >= 11 is 1.55. The quantitative estimate of drug-likeness (QED) is 0.625. The normalized spacial score (nSPS) is 30.2. The molecule has 8 heteroatoms. The van der Waals surface area contributed by atoms with Gasteiger partial charge in [0, 0.05) is 25.2 Å². The Kier molecular flexibility index (Phi) is 4.24. The number of aliphatic carboxylic acids is 1. The predicted molar refractivity (Wildman–Crippen MR) is 72.0 cm³/mol. The number of nitrogens with one attached hydrogen (secondary N) is 1. The van der Waals surface area contributed by atoms with Crippen LogP contribution in [0.2, 0.25) is 0 Å². The minimum absolute atomic E-state index is 0.0495. The molecule has 2 fully saturated rings. The second kappa shape index (κ2) is 5.61. The molecule has 2 rings (SSSR count). The molecule has 2 amide bonds. The van der Waals surface area contributed by atoms with Gasteiger partial charge in [0.15, 0.2) is 0 Å². The SMILES string of the molecule is CC12CCC(=O)N1C(C(=O)NC(CCO)C(=O)O)CS2. The van der Waals surface area contributed by atoms with Gasteiger partial charge in [0.1, 0.15) is 12.1 Å². The second-order valence-corrected chi connectivity index (χ2v) is 6.68. The lowest BCUT2D eigenvalue weighted by Crippen LogP contribution is -2.53. The van der Waals surface area contributed by atoms with Crippen molar-refractivity contribution < 1.29 is 24.6 Å². The first-order valence-electron chi connectivity index (χ1n) is 6.49. The molecule has 2 saturated heterocycles. The molecule has 2 heterocycles. The summed E-state index contributed by atoms with van der Waals surface area (Å²) in [4.78, 5) is 36.3. The maximum atomic E-state index is 12.2. The highest BCUT2D eigenvalue weighted by Gasteiger charge is 2.53. The molecule has 0 saturated carbocycles. The molecular weight excluding hydrogens is 284 g/mol. The largest absolute Gasteiger partial charge is 0.480 e. The molecule has 0 spiro atoms. The zero-order valence-corrected chi connectivity index (χ0v) is 12.0. The van der Waals surface area contributed by atoms with Gasteiger partial charge in [0.05, 0.1) is 4.87 Å². The summed E-state index contributed by atoms with van der Waals surface area (Å²) in [6.45, 7) is 1.61. The lowest BCUT2D eigenvalue weighted by Gasteiger charge is -2.30. The van der Waals surface area contributed by atoms with E-state index in [4.69, 9.17) is 10.2 Å². The number of carbonyl (C=O) groups excluding carboxylic acids is 2. The molecule has 3 unspecified atom stereocenters. The number of fused-ring (bicyclic) bond motifs is 1. The van der Waals surface area contributed by atoms with Gasteiger partial charge in [-0.25, -0.2) is 4.79 Å². The summed E-state index contributed by atoms with van der Waals surface area (Å²) in [5.74, 6) is -1.24. The van der Waals surface area contributed by atoms with E-state index in [-0.39, 0.29) is 23.8 Å². The molecule has 0 bridgehead atoms. The number of aliphatic hydroxyl groups excluding tert-OH is 1. The summed E-state index contributed by atoms with van der Waals surface area (Å²) in [7, 11) is 0. The Balaban J connectivity index is 2.06. The number of amides is 2. The minimum atomic E-state index is -1.19. The van der Waals surface area contributed by atoms with Crippen LogP contribution in [0.25, 0.3) is 0 Å². The van der Waals surface area contributed by atoms with Gasteiger partial charge in [-0.1, -0.05) is 0 Å². The van der Waals surface area contributed by atoms with Crippen LogP contribution in [0.15, 0.2) is 0 Å². The van der Waals surface area contributed by atoms with Crippen molar-refractivity contribution in [3.63, 3.8) is 0 Å². The Morgan fingerprint density at radius 1 is 1.60 bits per heavy atom. The monoisotopic (exact) mass is 302 g/mol. The molecule has 3 N–H and O–H groups in total. The van der Waals surface area contributed by atoms with Gasteiger partial charge in [0.2, 0.25) is 11.8 Å². The fourth-order valence-electron chi connectivity index (χ4n) is 2.67. The average molecular weight is 302 g/mol. The van der Waals surface area contributed by atoms with Crippen LogP contribution < -0.4 is 5.32 Å². The van der Waals surface area contributed by atoms with Crippen LogP contribution >= 0.6 is 11.8 Å². The van der Waals surface area contributed by atoms with Crippen molar-refractivity contribution in [1.29, 1.82) is 0 Å². The van der Waals surface area contributed by atoms with Gasteiger partial charge in [-0.2, -0.15) is 0 Å². The van der Waals surface area contributed by atoms with Gasteiger partial charge in [0.25, 0.3) is 0 Å². The van der Waals surface area contributed by atoms with Crippen molar-refractivity contribution in [2.75, 3.05) is 12.4 Å². The number of aliphatic hydroxyl groups is 1. The number of hydrogen-bond donors (Lipinski definition) is 3. The zero-order chi connectivity index (χ0) is 14.9. The van der Waals surface area contributed by atoms with Crippen LogP contribution in [0.5, 0.6) is 0 Å². The highest BCUT2D eigenvalue weighted by Crippen LogP contribution is 2.47. The third kappa shape index (κ3) is 2.62. The van der Waals surface area contributed by atoms with Crippen molar-refractivity contribution in [2.24, 2.45) is 0 Å². The number of rotatable bonds is 5. The van der Waals surface area contributed by atoms with Crippen molar-refractivity contribution >= 4 is 29.5 Å². The van der Waals surface area contributed by atoms with Crippen molar-refractivity contribution in [3.05, 3.63) is 0 Å². The first kappa shape index (κ1) is 15.1. The van der Waals surface area contributed by atoms with Crippen LogP contribution in [-0.2, 0) is 14.4 Å². The van der Waals surface area contributed by atoms with E-state index in [1.165, 1.54) is 0 Å². The van der Waals surface area contributed by atoms with E-state index in [9.17, 15) is 14.4 Å². The Morgan fingerprint density at radius 2 is 2.30 bits per heavy atom. The molecule has 7 nitrogen and oxygen atoms in total. The summed E-state index contributed by atoms with van der Waals surface area (Å²) < 4.78 is 0. The van der Waals surface area contributed by atoms with Crippen LogP contribution in [-0.4, -0.2) is 62.2 Å². The third-order valence-electron chi connectivity index (χ3n) is 3.78. The van der Waals surface area contributed by atoms with Gasteiger partial charge in [-0.05, 0) is 13.3 Å². The lowest BCUT2D eigenvalue weighted by molar-refractivity contribution is -0.144. The van der Waals surface area contributed by atoms with Gasteiger partial charge in [-0.3, -0.25) is 9.59 Å². The lowest BCUT2D eigenvalue weighted by atomic mass is 10.1. The van der Waals surface area contributed by atoms with Crippen molar-refractivity contribution in [3.8, 4) is 0 Å². The number of hydrogen-bond acceptors (Lipinski definition) is 5. The Hall–Kier alpha value is -1.28. The number of carboxylic acid groups (broad SMARTS) is 1. The van der Waals surface area contributed by atoms with E-state index in [0.717, 1.165) is 0 Å². The Labute approximate surface area is 120 Å². The predicted octanol–water partition coefficient (Wildman–Crippen LogP) is -0.608. The third-order valence-corrected chi connectivity index (χ3v) is 5.28. The van der Waals surface area contributed by atoms with Crippen molar-refractivity contribution in [2.45, 2.75) is 43.1 Å². The highest BCUT2D eigenvalue weighted by atomic mass is 32.2. The van der Waals surface area contributed by atoms with Crippen LogP contribution in [0.3, 0.4) is 0 Å². The molecule has 112 valence electrons. The van der Waals surface area contributed by atoms with Crippen LogP contribution in [0.1, 0.15) is 26.2 Å². The number of thioether (sulfide) groups is 1. The molecule has 3 atom stereocenters. The molecule has 0 aliphatic carbocycles. The molecule has 0 aromatic heterocycles. The summed E-state index contributed by atoms with van der Waals surface area (Å²) in [5, 5.41) is 20.2. The van der Waals surface area contributed by atoms with Gasteiger partial charge >= 0.3 is 5.97 Å². The molecule has 2 aliphatic heterocycles. The first-order valence-corrected chi connectivity index (χ1v) is 7.48. The van der Waals surface area contributed by atoms with E-state index < -0.39 is 24.0 Å². The summed E-state index contributed by atoms with van der Waals surface area (Å²) in [6, 6.07) is -1.75. The van der Waals surface area contributed by atoms with E-state index in [1.54, 1.807) is 16.7 Å². The smallest absolute Gasteiger partial charge is 0.326 e. The highest BCUT2D eigenvalue weighted by molar-refractivity contribution is 8.01. The fraction of sp³-hybridized carbons (Fsp3) is 0.750. The first-order chi connectivity index (χ1) is 9.39. The number of carboxylic acids is 1. The van der Waals surface area contributed by atoms with E-state index in [0.29, 0.717) is 18.6 Å². The zero-order valence-electron chi connectivity index (χ0n) is 11.2. The standard InChI is InChI=1S/C12H18N2O5S/c1-12-4-2-9(16)14(12)8(6-20-12)10(17)13-7(3-5-15)11(18)19/h7-8,15H,2-6H2,1H3,(H,13,17)(H,18,19). The average Bonchev–Trinajstić information content (AvgIpc) is 2.86. The van der Waals surface area contributed by atoms with Gasteiger partial charge < -0.3 is 20.4 Å². The van der Waals surface area contributed by atoms with E-state index in [1.807, 2.05) is 6.92 Å². The molecule has 0 aromatic carbocycles. The number of carbonyl (C=O) groups is 3. The number of nitrogens with zero attached hydrogens (tertiary/aromatic N) is 1. The molecule has 0 aromatic rings. The summed E-state index contributed by atoms with van der Waals surface area (Å²) in [5.41, 5.74) is 0. The maximum absolute atomic E-state index is 12.2. The molecular formula is C12H18N2O5S. The maximum Gasteiger partial charge on any atom is 0.326 e. The van der Waals surface area contributed by atoms with E-state index in [2.05, 4.69) is 5.32 Å². The van der Waals surface area contributed by atoms with Crippen LogP contribution in [0, 0.1) is 0 Å². The van der Waals surface area contributed by atoms with Crippen molar-refractivity contribution in [1.82, 2.24) is 10.2 Å². The topological polar surface area (TPSA) is 107 Å². The summed E-state index contributed by atoms with van der Waals surface area (Å²) in [6.07, 6.45) is 1.08. The van der Waals surface area contributed by atoms with E-state index >= 15 is 0 Å². The Morgan fingerprint density at radius 3 is 2.90 bits per heavy atom. The Bertz CT molecular complexity index is 444. The van der Waals surface area contributed by atoms with Crippen LogP contribution in [0.4, 0.5) is 0 Å². The fourth-order valence-corrected chi connectivity index (χ4v) is 4.10. The molecule has 2 aliphatic rings. The molecule has 0 radical (unpaired) electrons. The minimum Gasteiger partial charge on any atom is -0.480 e. The second-order valence-electron chi connectivity index (χ2n) is 5.18.